The van der Waals surface area contributed by atoms with E-state index in [4.69, 9.17) is 0 Å². The second-order valence-electron chi connectivity index (χ2n) is 8.13. The zero-order chi connectivity index (χ0) is 23.0. The molecule has 2 aromatic heterocycles. The summed E-state index contributed by atoms with van der Waals surface area (Å²) in [4.78, 5) is 19.3. The third-order valence-corrected chi connectivity index (χ3v) is 6.83. The fourth-order valence-corrected chi connectivity index (χ4v) is 4.67. The second kappa shape index (κ2) is 8.32. The van der Waals surface area contributed by atoms with Crippen molar-refractivity contribution in [1.29, 1.82) is 0 Å². The molecular formula is C24H23N5O3S. The number of sulfone groups is 1. The lowest BCUT2D eigenvalue weighted by Gasteiger charge is -2.15. The Morgan fingerprint density at radius 2 is 1.76 bits per heavy atom. The third-order valence-electron chi connectivity index (χ3n) is 5.72. The quantitative estimate of drug-likeness (QED) is 0.486. The third kappa shape index (κ3) is 4.31. The van der Waals surface area contributed by atoms with Crippen LogP contribution in [0.15, 0.2) is 71.8 Å². The highest BCUT2D eigenvalue weighted by Gasteiger charge is 2.19. The minimum Gasteiger partial charge on any atom is -0.339 e. The van der Waals surface area contributed by atoms with Crippen LogP contribution in [0.5, 0.6) is 0 Å². The lowest BCUT2D eigenvalue weighted by Crippen LogP contribution is -2.27. The van der Waals surface area contributed by atoms with Gasteiger partial charge in [-0.1, -0.05) is 12.1 Å². The molecule has 0 saturated carbocycles. The van der Waals surface area contributed by atoms with Crippen LogP contribution in [-0.4, -0.2) is 53.2 Å². The molecule has 0 unspecified atom stereocenters. The number of anilines is 2. The summed E-state index contributed by atoms with van der Waals surface area (Å²) >= 11 is 0. The van der Waals surface area contributed by atoms with E-state index in [1.54, 1.807) is 41.0 Å². The van der Waals surface area contributed by atoms with Crippen LogP contribution >= 0.6 is 0 Å². The highest BCUT2D eigenvalue weighted by molar-refractivity contribution is 7.90. The first-order chi connectivity index (χ1) is 15.9. The van der Waals surface area contributed by atoms with Crippen LogP contribution in [0, 0.1) is 0 Å². The molecule has 1 aliphatic rings. The van der Waals surface area contributed by atoms with Crippen molar-refractivity contribution in [1.82, 2.24) is 19.5 Å². The zero-order valence-electron chi connectivity index (χ0n) is 18.1. The van der Waals surface area contributed by atoms with Crippen LogP contribution in [0.4, 0.5) is 11.6 Å². The van der Waals surface area contributed by atoms with Gasteiger partial charge in [0.2, 0.25) is 5.95 Å². The summed E-state index contributed by atoms with van der Waals surface area (Å²) in [5.41, 5.74) is 3.55. The highest BCUT2D eigenvalue weighted by atomic mass is 32.2. The largest absolute Gasteiger partial charge is 0.339 e. The monoisotopic (exact) mass is 461 g/mol. The van der Waals surface area contributed by atoms with Gasteiger partial charge in [0.25, 0.3) is 5.91 Å². The molecule has 1 fully saturated rings. The van der Waals surface area contributed by atoms with Gasteiger partial charge in [0.1, 0.15) is 0 Å². The number of aromatic nitrogens is 3. The Bertz CT molecular complexity index is 1440. The number of amides is 1. The number of carbonyl (C=O) groups is 1. The number of rotatable bonds is 5. The minimum absolute atomic E-state index is 0.0610. The molecule has 1 N–H and O–H groups in total. The van der Waals surface area contributed by atoms with Gasteiger partial charge >= 0.3 is 0 Å². The average molecular weight is 462 g/mol. The molecule has 1 saturated heterocycles. The van der Waals surface area contributed by atoms with E-state index in [0.717, 1.165) is 42.7 Å². The summed E-state index contributed by atoms with van der Waals surface area (Å²) in [5, 5.41) is 7.67. The molecule has 9 heteroatoms. The van der Waals surface area contributed by atoms with Crippen LogP contribution in [0.1, 0.15) is 23.2 Å². The van der Waals surface area contributed by atoms with Gasteiger partial charge in [-0.05, 0) is 66.9 Å². The lowest BCUT2D eigenvalue weighted by atomic mass is 10.1. The number of pyridine rings is 1. The topological polar surface area (TPSA) is 96.7 Å². The normalized spacial score (nSPS) is 14.0. The summed E-state index contributed by atoms with van der Waals surface area (Å²) in [6.07, 6.45) is 5.10. The van der Waals surface area contributed by atoms with Gasteiger partial charge in [0.15, 0.2) is 15.5 Å². The minimum atomic E-state index is -3.32. The van der Waals surface area contributed by atoms with Gasteiger partial charge in [-0.3, -0.25) is 4.79 Å². The standard InChI is InChI=1S/C24H23N5O3S/c1-33(31,32)20-7-4-6-18(16-20)21-8-5-15-29-22(21)26-24(27-29)25-19-11-9-17(10-12-19)23(30)28-13-2-3-14-28/h4-12,15-16H,2-3,13-14H2,1H3,(H,25,27). The first kappa shape index (κ1) is 21.1. The van der Waals surface area contributed by atoms with Crippen molar-refractivity contribution >= 4 is 33.0 Å². The molecule has 1 aliphatic heterocycles. The molecule has 8 nitrogen and oxygen atoms in total. The summed E-state index contributed by atoms with van der Waals surface area (Å²) in [6.45, 7) is 1.64. The molecule has 1 amide bonds. The number of nitrogens with one attached hydrogen (secondary N) is 1. The zero-order valence-corrected chi connectivity index (χ0v) is 18.9. The van der Waals surface area contributed by atoms with Gasteiger partial charge < -0.3 is 10.2 Å². The highest BCUT2D eigenvalue weighted by Crippen LogP contribution is 2.27. The molecule has 33 heavy (non-hydrogen) atoms. The van der Waals surface area contributed by atoms with E-state index in [-0.39, 0.29) is 10.8 Å². The fourth-order valence-electron chi connectivity index (χ4n) is 4.01. The van der Waals surface area contributed by atoms with Crippen LogP contribution in [0.3, 0.4) is 0 Å². The van der Waals surface area contributed by atoms with Crippen molar-refractivity contribution in [2.45, 2.75) is 17.7 Å². The van der Waals surface area contributed by atoms with Crippen LogP contribution in [0.25, 0.3) is 16.8 Å². The number of likely N-dealkylation sites (tertiary alicyclic amines) is 1. The Labute approximate surface area is 191 Å². The van der Waals surface area contributed by atoms with Crippen LogP contribution in [0.2, 0.25) is 0 Å². The number of nitrogens with zero attached hydrogens (tertiary/aromatic N) is 4. The molecule has 0 bridgehead atoms. The SMILES string of the molecule is CS(=O)(=O)c1cccc(-c2cccn3nc(Nc4ccc(C(=O)N5CCCC5)cc4)nc23)c1. The van der Waals surface area contributed by atoms with E-state index in [1.165, 1.54) is 6.26 Å². The van der Waals surface area contributed by atoms with E-state index in [0.29, 0.717) is 17.2 Å². The molecule has 0 spiro atoms. The van der Waals surface area contributed by atoms with Gasteiger partial charge in [0.05, 0.1) is 4.90 Å². The van der Waals surface area contributed by atoms with Crippen molar-refractivity contribution in [2.75, 3.05) is 24.7 Å². The van der Waals surface area contributed by atoms with Gasteiger partial charge in [-0.15, -0.1) is 5.10 Å². The molecular weight excluding hydrogens is 438 g/mol. The first-order valence-corrected chi connectivity index (χ1v) is 12.6. The maximum Gasteiger partial charge on any atom is 0.253 e. The number of hydrogen-bond acceptors (Lipinski definition) is 6. The van der Waals surface area contributed by atoms with Gasteiger partial charge in [0, 0.05) is 42.4 Å². The molecule has 168 valence electrons. The number of fused-ring (bicyclic) bond motifs is 1. The Hall–Kier alpha value is -3.72. The average Bonchev–Trinajstić information content (AvgIpc) is 3.48. The maximum absolute atomic E-state index is 12.5. The molecule has 0 radical (unpaired) electrons. The predicted molar refractivity (Wildman–Crippen MR) is 126 cm³/mol. The van der Waals surface area contributed by atoms with Crippen molar-refractivity contribution in [3.8, 4) is 11.1 Å². The Balaban J connectivity index is 1.41. The molecule has 5 rings (SSSR count). The fraction of sp³-hybridized carbons (Fsp3) is 0.208. The Kier molecular flexibility index (Phi) is 5.33. The Morgan fingerprint density at radius 1 is 1.00 bits per heavy atom. The van der Waals surface area contributed by atoms with E-state index in [9.17, 15) is 13.2 Å². The maximum atomic E-state index is 12.5. The lowest BCUT2D eigenvalue weighted by molar-refractivity contribution is 0.0793. The summed E-state index contributed by atoms with van der Waals surface area (Å²) in [6, 6.07) is 17.8. The number of hydrogen-bond donors (Lipinski definition) is 1. The van der Waals surface area contributed by atoms with E-state index in [1.807, 2.05) is 35.2 Å². The molecule has 0 atom stereocenters. The van der Waals surface area contributed by atoms with Crippen LogP contribution in [-0.2, 0) is 9.84 Å². The van der Waals surface area contributed by atoms with Crippen molar-refractivity contribution in [2.24, 2.45) is 0 Å². The van der Waals surface area contributed by atoms with Crippen molar-refractivity contribution < 1.29 is 13.2 Å². The predicted octanol–water partition coefficient (Wildman–Crippen LogP) is 3.78. The van der Waals surface area contributed by atoms with Crippen molar-refractivity contribution in [3.63, 3.8) is 0 Å². The molecule has 3 heterocycles. The Morgan fingerprint density at radius 3 is 2.48 bits per heavy atom. The van der Waals surface area contributed by atoms with Gasteiger partial charge in [-0.2, -0.15) is 4.98 Å². The smallest absolute Gasteiger partial charge is 0.253 e. The van der Waals surface area contributed by atoms with E-state index >= 15 is 0 Å². The number of carbonyl (C=O) groups excluding carboxylic acids is 1. The molecule has 4 aromatic rings. The van der Waals surface area contributed by atoms with Gasteiger partial charge in [-0.25, -0.2) is 12.9 Å². The summed E-state index contributed by atoms with van der Waals surface area (Å²) in [7, 11) is -3.32. The van der Waals surface area contributed by atoms with Crippen LogP contribution < -0.4 is 5.32 Å². The summed E-state index contributed by atoms with van der Waals surface area (Å²) in [5.74, 6) is 0.464. The number of benzene rings is 2. The molecule has 0 aliphatic carbocycles. The first-order valence-electron chi connectivity index (χ1n) is 10.7. The molecule has 2 aromatic carbocycles. The van der Waals surface area contributed by atoms with Crippen molar-refractivity contribution in [3.05, 3.63) is 72.4 Å². The van der Waals surface area contributed by atoms with E-state index in [2.05, 4.69) is 15.4 Å². The summed E-state index contributed by atoms with van der Waals surface area (Å²) < 4.78 is 25.6. The second-order valence-corrected chi connectivity index (χ2v) is 10.1. The van der Waals surface area contributed by atoms with E-state index < -0.39 is 9.84 Å².